The van der Waals surface area contributed by atoms with Crippen molar-refractivity contribution < 1.29 is 0 Å². The third kappa shape index (κ3) is 1.85. The lowest BCUT2D eigenvalue weighted by Gasteiger charge is -2.04. The van der Waals surface area contributed by atoms with Gasteiger partial charge in [0.05, 0.1) is 0 Å². The average Bonchev–Trinajstić information content (AvgIpc) is 2.49. The van der Waals surface area contributed by atoms with Crippen LogP contribution in [0.1, 0.15) is 18.5 Å². The molecule has 0 fully saturated rings. The summed E-state index contributed by atoms with van der Waals surface area (Å²) >= 11 is 0. The van der Waals surface area contributed by atoms with Crippen molar-refractivity contribution in [2.45, 2.75) is 13.0 Å². The van der Waals surface area contributed by atoms with Crippen LogP contribution >= 0.6 is 12.4 Å². The summed E-state index contributed by atoms with van der Waals surface area (Å²) in [5.74, 6) is 0. The Bertz CT molecular complexity index is 392. The van der Waals surface area contributed by atoms with Crippen LogP contribution in [-0.2, 0) is 0 Å². The zero-order chi connectivity index (χ0) is 8.55. The number of H-pyrrole nitrogens is 1. The third-order valence-electron chi connectivity index (χ3n) is 2.10. The summed E-state index contributed by atoms with van der Waals surface area (Å²) in [5, 5.41) is 1.23. The summed E-state index contributed by atoms with van der Waals surface area (Å²) in [6, 6.07) is 8.42. The van der Waals surface area contributed by atoms with E-state index in [9.17, 15) is 0 Å². The second kappa shape index (κ2) is 3.81. The fourth-order valence-electron chi connectivity index (χ4n) is 1.35. The highest BCUT2D eigenvalue weighted by molar-refractivity contribution is 5.85. The summed E-state index contributed by atoms with van der Waals surface area (Å²) < 4.78 is 0. The number of halogens is 1. The van der Waals surface area contributed by atoms with E-state index >= 15 is 0 Å². The fraction of sp³-hybridized carbons (Fsp3) is 0.200. The van der Waals surface area contributed by atoms with Gasteiger partial charge in [-0.25, -0.2) is 0 Å². The van der Waals surface area contributed by atoms with Crippen LogP contribution in [0.3, 0.4) is 0 Å². The van der Waals surface area contributed by atoms with Crippen molar-refractivity contribution in [1.29, 1.82) is 0 Å². The Hall–Kier alpha value is -0.990. The summed E-state index contributed by atoms with van der Waals surface area (Å²) in [7, 11) is 0. The number of aromatic amines is 1. The van der Waals surface area contributed by atoms with Gasteiger partial charge in [0, 0.05) is 17.8 Å². The minimum Gasteiger partial charge on any atom is -0.361 e. The summed E-state index contributed by atoms with van der Waals surface area (Å²) in [6.07, 6.45) is 1.94. The number of aromatic nitrogens is 1. The number of hydrogen-bond donors (Lipinski definition) is 2. The molecule has 0 radical (unpaired) electrons. The second-order valence-corrected chi connectivity index (χ2v) is 3.11. The molecule has 3 N–H and O–H groups in total. The first-order valence-electron chi connectivity index (χ1n) is 4.10. The average molecular weight is 197 g/mol. The summed E-state index contributed by atoms with van der Waals surface area (Å²) in [5.41, 5.74) is 8.11. The third-order valence-corrected chi connectivity index (χ3v) is 2.10. The number of hydrogen-bond acceptors (Lipinski definition) is 1. The lowest BCUT2D eigenvalue weighted by molar-refractivity contribution is 0.820. The molecular weight excluding hydrogens is 184 g/mol. The number of nitrogens with two attached hydrogens (primary N) is 1. The Morgan fingerprint density at radius 1 is 1.31 bits per heavy atom. The molecule has 0 aliphatic carbocycles. The number of fused-ring (bicyclic) bond motifs is 1. The Balaban J connectivity index is 0.000000845. The zero-order valence-corrected chi connectivity index (χ0v) is 8.27. The molecule has 0 saturated heterocycles. The minimum atomic E-state index is 0. The molecule has 0 aliphatic rings. The van der Waals surface area contributed by atoms with Gasteiger partial charge in [-0.1, -0.05) is 6.07 Å². The Labute approximate surface area is 83.5 Å². The molecule has 0 amide bonds. The van der Waals surface area contributed by atoms with Gasteiger partial charge in [0.1, 0.15) is 0 Å². The van der Waals surface area contributed by atoms with Crippen molar-refractivity contribution in [3.63, 3.8) is 0 Å². The van der Waals surface area contributed by atoms with Gasteiger partial charge in [-0.05, 0) is 36.1 Å². The van der Waals surface area contributed by atoms with Crippen LogP contribution in [0.4, 0.5) is 0 Å². The van der Waals surface area contributed by atoms with Crippen molar-refractivity contribution in [2.24, 2.45) is 5.73 Å². The number of rotatable bonds is 1. The van der Waals surface area contributed by atoms with E-state index in [-0.39, 0.29) is 18.4 Å². The number of nitrogens with one attached hydrogen (secondary N) is 1. The molecule has 2 nitrogen and oxygen atoms in total. The van der Waals surface area contributed by atoms with Gasteiger partial charge in [-0.2, -0.15) is 0 Å². The highest BCUT2D eigenvalue weighted by Crippen LogP contribution is 2.17. The SMILES string of the molecule is CC(N)c1ccc2[nH]ccc2c1.Cl. The molecule has 2 aromatic rings. The maximum atomic E-state index is 5.76. The predicted molar refractivity (Wildman–Crippen MR) is 58.1 cm³/mol. The molecule has 2 rings (SSSR count). The standard InChI is InChI=1S/C10H12N2.ClH/c1-7(11)8-2-3-10-9(6-8)4-5-12-10;/h2-7,12H,11H2,1H3;1H. The van der Waals surface area contributed by atoms with Crippen LogP contribution < -0.4 is 5.73 Å². The van der Waals surface area contributed by atoms with Gasteiger partial charge < -0.3 is 10.7 Å². The topological polar surface area (TPSA) is 41.8 Å². The lowest BCUT2D eigenvalue weighted by Crippen LogP contribution is -2.04. The quantitative estimate of drug-likeness (QED) is 0.724. The van der Waals surface area contributed by atoms with E-state index in [0.29, 0.717) is 0 Å². The van der Waals surface area contributed by atoms with Gasteiger partial charge >= 0.3 is 0 Å². The Kier molecular flexibility index (Phi) is 2.96. The molecule has 0 aliphatic heterocycles. The smallest absolute Gasteiger partial charge is 0.0454 e. The molecular formula is C10H13ClN2. The normalized spacial score (nSPS) is 12.5. The second-order valence-electron chi connectivity index (χ2n) is 3.11. The van der Waals surface area contributed by atoms with Crippen molar-refractivity contribution in [2.75, 3.05) is 0 Å². The molecule has 1 atom stereocenters. The van der Waals surface area contributed by atoms with Gasteiger partial charge in [0.15, 0.2) is 0 Å². The largest absolute Gasteiger partial charge is 0.361 e. The molecule has 70 valence electrons. The van der Waals surface area contributed by atoms with Crippen LogP contribution in [0.15, 0.2) is 30.5 Å². The molecule has 3 heteroatoms. The van der Waals surface area contributed by atoms with Crippen molar-refractivity contribution >= 4 is 23.3 Å². The summed E-state index contributed by atoms with van der Waals surface area (Å²) in [4.78, 5) is 3.14. The molecule has 13 heavy (non-hydrogen) atoms. The first-order valence-corrected chi connectivity index (χ1v) is 4.10. The Morgan fingerprint density at radius 3 is 2.77 bits per heavy atom. The molecule has 1 aromatic heterocycles. The lowest BCUT2D eigenvalue weighted by atomic mass is 10.1. The van der Waals surface area contributed by atoms with E-state index in [1.807, 2.05) is 13.1 Å². The molecule has 0 spiro atoms. The maximum Gasteiger partial charge on any atom is 0.0454 e. The monoisotopic (exact) mass is 196 g/mol. The van der Waals surface area contributed by atoms with Gasteiger partial charge in [0.25, 0.3) is 0 Å². The highest BCUT2D eigenvalue weighted by Gasteiger charge is 2.00. The van der Waals surface area contributed by atoms with Crippen molar-refractivity contribution in [1.82, 2.24) is 4.98 Å². The van der Waals surface area contributed by atoms with Gasteiger partial charge in [-0.3, -0.25) is 0 Å². The van der Waals surface area contributed by atoms with Gasteiger partial charge in [-0.15, -0.1) is 12.4 Å². The van der Waals surface area contributed by atoms with Crippen LogP contribution in [0.5, 0.6) is 0 Å². The van der Waals surface area contributed by atoms with Crippen LogP contribution in [-0.4, -0.2) is 4.98 Å². The van der Waals surface area contributed by atoms with E-state index < -0.39 is 0 Å². The highest BCUT2D eigenvalue weighted by atomic mass is 35.5. The van der Waals surface area contributed by atoms with Crippen LogP contribution in [0.2, 0.25) is 0 Å². The maximum absolute atomic E-state index is 5.76. The van der Waals surface area contributed by atoms with E-state index in [0.717, 1.165) is 0 Å². The van der Waals surface area contributed by atoms with Crippen LogP contribution in [0, 0.1) is 0 Å². The van der Waals surface area contributed by atoms with Gasteiger partial charge in [0.2, 0.25) is 0 Å². The predicted octanol–water partition coefficient (Wildman–Crippen LogP) is 2.61. The van der Waals surface area contributed by atoms with E-state index in [4.69, 9.17) is 5.73 Å². The Morgan fingerprint density at radius 2 is 2.08 bits per heavy atom. The van der Waals surface area contributed by atoms with E-state index in [1.165, 1.54) is 16.5 Å². The van der Waals surface area contributed by atoms with Crippen LogP contribution in [0.25, 0.3) is 10.9 Å². The first-order chi connectivity index (χ1) is 5.77. The molecule has 1 unspecified atom stereocenters. The van der Waals surface area contributed by atoms with Crippen molar-refractivity contribution in [3.05, 3.63) is 36.0 Å². The molecule has 1 aromatic carbocycles. The minimum absolute atomic E-state index is 0. The van der Waals surface area contributed by atoms with E-state index in [2.05, 4.69) is 29.2 Å². The first kappa shape index (κ1) is 10.1. The van der Waals surface area contributed by atoms with E-state index in [1.54, 1.807) is 0 Å². The number of benzene rings is 1. The fourth-order valence-corrected chi connectivity index (χ4v) is 1.35. The van der Waals surface area contributed by atoms with Crippen molar-refractivity contribution in [3.8, 4) is 0 Å². The summed E-state index contributed by atoms with van der Waals surface area (Å²) in [6.45, 7) is 1.99. The molecule has 0 saturated carbocycles. The molecule has 0 bridgehead atoms. The zero-order valence-electron chi connectivity index (χ0n) is 7.45. The molecule has 1 heterocycles.